The average molecular weight is 1560 g/mol. The van der Waals surface area contributed by atoms with Crippen molar-refractivity contribution in [3.05, 3.63) is 97.2 Å². The van der Waals surface area contributed by atoms with E-state index in [0.717, 1.165) is 96.3 Å². The Morgan fingerprint density at radius 1 is 0.336 bits per heavy atom. The lowest BCUT2D eigenvalue weighted by atomic mass is 9.96. The molecule has 3 saturated heterocycles. The Morgan fingerprint density at radius 2 is 0.627 bits per heavy atom. The summed E-state index contributed by atoms with van der Waals surface area (Å²) in [4.78, 5) is 13.5. The van der Waals surface area contributed by atoms with Crippen molar-refractivity contribution in [2.75, 3.05) is 26.4 Å². The smallest absolute Gasteiger partial charge is 0.220 e. The number of rotatable bonds is 71. The summed E-state index contributed by atoms with van der Waals surface area (Å²) in [5, 5.41) is 121. The first kappa shape index (κ1) is 101. The molecule has 638 valence electrons. The van der Waals surface area contributed by atoms with Crippen molar-refractivity contribution >= 4 is 5.91 Å². The lowest BCUT2D eigenvalue weighted by molar-refractivity contribution is -0.379. The maximum absolute atomic E-state index is 13.5. The van der Waals surface area contributed by atoms with E-state index in [0.29, 0.717) is 6.42 Å². The van der Waals surface area contributed by atoms with E-state index in [1.54, 1.807) is 6.08 Å². The molecule has 3 heterocycles. The van der Waals surface area contributed by atoms with Crippen molar-refractivity contribution < 1.29 is 89.4 Å². The van der Waals surface area contributed by atoms with E-state index in [-0.39, 0.29) is 18.9 Å². The number of hydrogen-bond acceptors (Lipinski definition) is 18. The number of allylic oxidation sites excluding steroid dienone is 15. The van der Waals surface area contributed by atoms with Crippen molar-refractivity contribution in [3.63, 3.8) is 0 Å². The normalized spacial score (nSPS) is 25.6. The fraction of sp³-hybridized carbons (Fsp3) is 0.813. The Kier molecular flexibility index (Phi) is 64.2. The molecular weight excluding hydrogens is 1390 g/mol. The van der Waals surface area contributed by atoms with Gasteiger partial charge in [-0.05, 0) is 77.0 Å². The summed E-state index contributed by atoms with van der Waals surface area (Å²) in [6, 6.07) is -0.981. The number of aliphatic hydroxyl groups excluding tert-OH is 11. The second kappa shape index (κ2) is 70.0. The maximum atomic E-state index is 13.5. The molecule has 0 aromatic rings. The molecule has 0 radical (unpaired) electrons. The molecule has 0 aliphatic carbocycles. The quantitative estimate of drug-likeness (QED) is 0.0199. The van der Waals surface area contributed by atoms with E-state index in [1.807, 2.05) is 6.08 Å². The molecule has 3 fully saturated rings. The highest BCUT2D eigenvalue weighted by Crippen LogP contribution is 2.33. The molecular formula is C91H161NO18. The maximum Gasteiger partial charge on any atom is 0.220 e. The summed E-state index contributed by atoms with van der Waals surface area (Å²) in [5.41, 5.74) is 0. The SMILES string of the molecule is CC/C=C\C/C=C\C/C=C\C/C=C\C/C=C\C/C=C\C/C=C\CCCCCCCCCCCCCCCC(=O)NC(COC1OC(CO)C(OC2OC(CO)C(OC3OC(CO)C(O)C(O)C3O)C(O)C2O)C(O)C1O)C(O)/C=C/CCCCCCCCCCCCCCCCCCCCCCCCCCCCCC. The standard InChI is InChI=1S/C91H161NO18/c1-3-5-7-9-11-13-15-17-19-21-23-25-27-29-31-33-35-36-37-38-39-41-43-45-47-49-51-53-55-57-59-61-63-65-67-69-79(97)92-74(75(96)68-66-64-62-60-58-56-54-52-50-48-46-44-42-40-34-32-30-28-26-24-22-20-18-16-14-12-10-8-6-4-2)73-105-89-85(103)82(100)87(77(71-94)107-89)110-91-86(104)83(101)88(78(72-95)108-91)109-90-84(102)81(99)80(98)76(70-93)106-90/h5,7,11,13,17,19,23,25,29,31,35-36,38-39,66,68,74-78,80-91,93-96,98-104H,3-4,6,8-10,12,14-16,18,20-22,24,26-28,30,32-34,37,40-65,67,69-73H2,1-2H3,(H,92,97)/b7-5-,13-11-,19-17-,25-23-,31-29-,36-35-,39-38-,68-66+. The summed E-state index contributed by atoms with van der Waals surface area (Å²) < 4.78 is 34.5. The Morgan fingerprint density at radius 3 is 0.982 bits per heavy atom. The summed E-state index contributed by atoms with van der Waals surface area (Å²) >= 11 is 0. The molecule has 0 aromatic heterocycles. The van der Waals surface area contributed by atoms with Gasteiger partial charge < -0.3 is 89.9 Å². The van der Waals surface area contributed by atoms with Gasteiger partial charge in [-0.1, -0.05) is 355 Å². The Bertz CT molecular complexity index is 2360. The molecule has 12 N–H and O–H groups in total. The van der Waals surface area contributed by atoms with Gasteiger partial charge in [-0.2, -0.15) is 0 Å². The Labute approximate surface area is 666 Å². The van der Waals surface area contributed by atoms with Gasteiger partial charge in [-0.25, -0.2) is 0 Å². The molecule has 0 spiro atoms. The highest BCUT2D eigenvalue weighted by Gasteiger charge is 2.54. The fourth-order valence-corrected chi connectivity index (χ4v) is 14.6. The second-order valence-corrected chi connectivity index (χ2v) is 31.3. The zero-order valence-corrected chi connectivity index (χ0v) is 68.7. The van der Waals surface area contributed by atoms with Crippen molar-refractivity contribution in [1.29, 1.82) is 0 Å². The van der Waals surface area contributed by atoms with Crippen LogP contribution in [-0.4, -0.2) is 193 Å². The zero-order chi connectivity index (χ0) is 79.5. The lowest BCUT2D eigenvalue weighted by Gasteiger charge is -2.48. The summed E-state index contributed by atoms with van der Waals surface area (Å²) in [5.74, 6) is -0.276. The van der Waals surface area contributed by atoms with Gasteiger partial charge in [0.25, 0.3) is 0 Å². The van der Waals surface area contributed by atoms with Crippen molar-refractivity contribution in [3.8, 4) is 0 Å². The van der Waals surface area contributed by atoms with Crippen LogP contribution in [-0.2, 0) is 33.2 Å². The Hall–Kier alpha value is -3.29. The van der Waals surface area contributed by atoms with Crippen molar-refractivity contribution in [2.45, 2.75) is 446 Å². The number of aliphatic hydroxyl groups is 11. The highest BCUT2D eigenvalue weighted by atomic mass is 16.8. The largest absolute Gasteiger partial charge is 0.394 e. The van der Waals surface area contributed by atoms with Gasteiger partial charge >= 0.3 is 0 Å². The third-order valence-electron chi connectivity index (χ3n) is 21.6. The second-order valence-electron chi connectivity index (χ2n) is 31.3. The van der Waals surface area contributed by atoms with Crippen molar-refractivity contribution in [2.24, 2.45) is 0 Å². The minimum atomic E-state index is -1.98. The molecule has 19 heteroatoms. The highest BCUT2D eigenvalue weighted by molar-refractivity contribution is 5.76. The van der Waals surface area contributed by atoms with E-state index in [9.17, 15) is 61.0 Å². The first-order valence-electron chi connectivity index (χ1n) is 44.5. The van der Waals surface area contributed by atoms with E-state index < -0.39 is 124 Å². The molecule has 19 nitrogen and oxygen atoms in total. The Balaban J connectivity index is 1.34. The van der Waals surface area contributed by atoms with E-state index in [1.165, 1.54) is 218 Å². The first-order chi connectivity index (χ1) is 53.8. The first-order valence-corrected chi connectivity index (χ1v) is 44.5. The van der Waals surface area contributed by atoms with Crippen LogP contribution in [0.15, 0.2) is 97.2 Å². The van der Waals surface area contributed by atoms with Crippen LogP contribution < -0.4 is 5.32 Å². The topological polar surface area (TPSA) is 307 Å². The zero-order valence-electron chi connectivity index (χ0n) is 68.7. The van der Waals surface area contributed by atoms with Gasteiger partial charge in [0, 0.05) is 6.42 Å². The summed E-state index contributed by atoms with van der Waals surface area (Å²) in [6.07, 6.45) is 69.7. The van der Waals surface area contributed by atoms with Crippen LogP contribution in [0, 0.1) is 0 Å². The van der Waals surface area contributed by atoms with Crippen LogP contribution in [0.1, 0.15) is 341 Å². The van der Waals surface area contributed by atoms with Gasteiger partial charge in [0.05, 0.1) is 38.6 Å². The van der Waals surface area contributed by atoms with Crippen molar-refractivity contribution in [1.82, 2.24) is 5.32 Å². The number of unbranched alkanes of at least 4 members (excludes halogenated alkanes) is 41. The number of hydrogen-bond donors (Lipinski definition) is 12. The number of carbonyl (C=O) groups is 1. The van der Waals surface area contributed by atoms with Gasteiger partial charge in [-0.3, -0.25) is 4.79 Å². The minimum absolute atomic E-state index is 0.238. The molecule has 17 unspecified atom stereocenters. The molecule has 3 aliphatic heterocycles. The molecule has 1 amide bonds. The predicted octanol–water partition coefficient (Wildman–Crippen LogP) is 16.7. The minimum Gasteiger partial charge on any atom is -0.394 e. The lowest BCUT2D eigenvalue weighted by Crippen LogP contribution is -2.66. The molecule has 0 bridgehead atoms. The molecule has 3 rings (SSSR count). The average Bonchev–Trinajstić information content (AvgIpc) is 0.795. The van der Waals surface area contributed by atoms with Gasteiger partial charge in [-0.15, -0.1) is 0 Å². The van der Waals surface area contributed by atoms with Crippen LogP contribution in [0.3, 0.4) is 0 Å². The summed E-state index contributed by atoms with van der Waals surface area (Å²) in [6.45, 7) is 1.66. The van der Waals surface area contributed by atoms with Gasteiger partial charge in [0.1, 0.15) is 73.2 Å². The molecule has 3 aliphatic rings. The molecule has 110 heavy (non-hydrogen) atoms. The van der Waals surface area contributed by atoms with E-state index in [2.05, 4.69) is 104 Å². The van der Waals surface area contributed by atoms with Crippen LogP contribution in [0.25, 0.3) is 0 Å². The third kappa shape index (κ3) is 48.3. The van der Waals surface area contributed by atoms with Crippen LogP contribution in [0.5, 0.6) is 0 Å². The third-order valence-corrected chi connectivity index (χ3v) is 21.6. The number of amides is 1. The van der Waals surface area contributed by atoms with E-state index in [4.69, 9.17) is 28.4 Å². The van der Waals surface area contributed by atoms with Gasteiger partial charge in [0.15, 0.2) is 18.9 Å². The monoisotopic (exact) mass is 1560 g/mol. The van der Waals surface area contributed by atoms with Crippen LogP contribution in [0.4, 0.5) is 0 Å². The van der Waals surface area contributed by atoms with Crippen LogP contribution in [0.2, 0.25) is 0 Å². The summed E-state index contributed by atoms with van der Waals surface area (Å²) in [7, 11) is 0. The van der Waals surface area contributed by atoms with E-state index >= 15 is 0 Å². The van der Waals surface area contributed by atoms with Gasteiger partial charge in [0.2, 0.25) is 5.91 Å². The molecule has 17 atom stereocenters. The number of carbonyl (C=O) groups excluding carboxylic acids is 1. The molecule has 0 aromatic carbocycles. The molecule has 0 saturated carbocycles. The number of nitrogens with one attached hydrogen (secondary N) is 1. The fourth-order valence-electron chi connectivity index (χ4n) is 14.6. The predicted molar refractivity (Wildman–Crippen MR) is 443 cm³/mol. The number of ether oxygens (including phenoxy) is 6. The van der Waals surface area contributed by atoms with Crippen LogP contribution >= 0.6 is 0 Å².